The van der Waals surface area contributed by atoms with Crippen LogP contribution in [0.15, 0.2) is 0 Å². The van der Waals surface area contributed by atoms with Crippen molar-refractivity contribution in [2.45, 2.75) is 58.1 Å². The lowest BCUT2D eigenvalue weighted by Crippen LogP contribution is -2.50. The van der Waals surface area contributed by atoms with Crippen LogP contribution >= 0.6 is 11.8 Å². The Morgan fingerprint density at radius 1 is 1.29 bits per heavy atom. The van der Waals surface area contributed by atoms with Crippen molar-refractivity contribution < 1.29 is 4.74 Å². The third-order valence-corrected chi connectivity index (χ3v) is 4.80. The molecule has 1 N–H and O–H groups in total. The molecule has 2 rings (SSSR count). The van der Waals surface area contributed by atoms with E-state index in [1.165, 1.54) is 37.2 Å². The summed E-state index contributed by atoms with van der Waals surface area (Å²) in [6.07, 6.45) is 4.92. The van der Waals surface area contributed by atoms with Crippen molar-refractivity contribution in [2.75, 3.05) is 24.7 Å². The highest BCUT2D eigenvalue weighted by Crippen LogP contribution is 2.37. The second-order valence-electron chi connectivity index (χ2n) is 6.78. The summed E-state index contributed by atoms with van der Waals surface area (Å²) >= 11 is 2.08. The zero-order valence-electron chi connectivity index (χ0n) is 11.6. The molecule has 2 saturated heterocycles. The molecule has 0 bridgehead atoms. The molecule has 2 heterocycles. The van der Waals surface area contributed by atoms with Gasteiger partial charge in [-0.3, -0.25) is 0 Å². The van der Waals surface area contributed by atoms with E-state index in [4.69, 9.17) is 4.74 Å². The molecular formula is C14H27NOS. The highest BCUT2D eigenvalue weighted by atomic mass is 32.2. The molecule has 2 aliphatic heterocycles. The second-order valence-corrected chi connectivity index (χ2v) is 8.00. The summed E-state index contributed by atoms with van der Waals surface area (Å²) in [5.41, 5.74) is 0.604. The van der Waals surface area contributed by atoms with Crippen LogP contribution in [0.25, 0.3) is 0 Å². The predicted octanol–water partition coefficient (Wildman–Crippen LogP) is 3.07. The molecule has 0 aliphatic carbocycles. The van der Waals surface area contributed by atoms with Gasteiger partial charge < -0.3 is 10.1 Å². The molecule has 100 valence electrons. The Hall–Kier alpha value is 0.270. The van der Waals surface area contributed by atoms with Crippen molar-refractivity contribution in [1.29, 1.82) is 0 Å². The van der Waals surface area contributed by atoms with Gasteiger partial charge in [0.2, 0.25) is 0 Å². The Morgan fingerprint density at radius 3 is 2.65 bits per heavy atom. The topological polar surface area (TPSA) is 21.3 Å². The van der Waals surface area contributed by atoms with E-state index in [-0.39, 0.29) is 5.60 Å². The third kappa shape index (κ3) is 4.15. The van der Waals surface area contributed by atoms with Gasteiger partial charge in [0, 0.05) is 19.2 Å². The van der Waals surface area contributed by atoms with Crippen LogP contribution in [0.2, 0.25) is 0 Å². The van der Waals surface area contributed by atoms with Crippen LogP contribution < -0.4 is 5.32 Å². The number of ether oxygens (including phenoxy) is 1. The lowest BCUT2D eigenvalue weighted by Gasteiger charge is -2.44. The zero-order chi connectivity index (χ0) is 12.4. The smallest absolute Gasteiger partial charge is 0.0713 e. The fourth-order valence-corrected chi connectivity index (χ4v) is 3.98. The average Bonchev–Trinajstić information content (AvgIpc) is 2.27. The molecule has 0 aromatic rings. The van der Waals surface area contributed by atoms with Gasteiger partial charge in [0.05, 0.1) is 5.60 Å². The van der Waals surface area contributed by atoms with Gasteiger partial charge in [-0.05, 0) is 42.6 Å². The first-order valence-electron chi connectivity index (χ1n) is 6.94. The minimum absolute atomic E-state index is 0.221. The summed E-state index contributed by atoms with van der Waals surface area (Å²) in [6.45, 7) is 8.96. The average molecular weight is 257 g/mol. The molecule has 0 radical (unpaired) electrons. The third-order valence-electron chi connectivity index (χ3n) is 3.82. The Bertz CT molecular complexity index is 238. The van der Waals surface area contributed by atoms with E-state index in [1.54, 1.807) is 0 Å². The molecule has 2 nitrogen and oxygen atoms in total. The summed E-state index contributed by atoms with van der Waals surface area (Å²) in [5.74, 6) is 2.57. The molecule has 0 aromatic carbocycles. The maximum absolute atomic E-state index is 6.12. The molecule has 3 heteroatoms. The molecule has 1 spiro atoms. The van der Waals surface area contributed by atoms with E-state index < -0.39 is 0 Å². The van der Waals surface area contributed by atoms with Gasteiger partial charge in [-0.25, -0.2) is 0 Å². The summed E-state index contributed by atoms with van der Waals surface area (Å²) in [7, 11) is 0. The van der Waals surface area contributed by atoms with Crippen molar-refractivity contribution in [2.24, 2.45) is 5.41 Å². The van der Waals surface area contributed by atoms with E-state index in [1.807, 2.05) is 0 Å². The van der Waals surface area contributed by atoms with Gasteiger partial charge in [-0.2, -0.15) is 11.8 Å². The lowest BCUT2D eigenvalue weighted by atomic mass is 9.85. The minimum Gasteiger partial charge on any atom is -0.375 e. The largest absolute Gasteiger partial charge is 0.375 e. The molecule has 0 aromatic heterocycles. The number of thioether (sulfide) groups is 1. The van der Waals surface area contributed by atoms with Gasteiger partial charge in [0.15, 0.2) is 0 Å². The molecule has 2 fully saturated rings. The van der Waals surface area contributed by atoms with E-state index in [0.717, 1.165) is 13.2 Å². The highest BCUT2D eigenvalue weighted by molar-refractivity contribution is 7.99. The molecule has 1 unspecified atom stereocenters. The van der Waals surface area contributed by atoms with Crippen LogP contribution in [-0.4, -0.2) is 36.3 Å². The summed E-state index contributed by atoms with van der Waals surface area (Å²) in [5, 5.41) is 3.75. The number of hydrogen-bond acceptors (Lipinski definition) is 3. The first kappa shape index (κ1) is 13.7. The van der Waals surface area contributed by atoms with Crippen molar-refractivity contribution in [1.82, 2.24) is 5.32 Å². The summed E-state index contributed by atoms with van der Waals surface area (Å²) in [4.78, 5) is 0. The van der Waals surface area contributed by atoms with Gasteiger partial charge in [0.25, 0.3) is 0 Å². The lowest BCUT2D eigenvalue weighted by molar-refractivity contribution is -0.0937. The first-order valence-corrected chi connectivity index (χ1v) is 8.10. The number of rotatable bonds is 2. The van der Waals surface area contributed by atoms with Gasteiger partial charge in [0.1, 0.15) is 0 Å². The second kappa shape index (κ2) is 5.50. The Labute approximate surface area is 110 Å². The standard InChI is InChI=1S/C14H27NOS/c1-13(2,3)11-15-12-4-7-16-14(10-12)5-8-17-9-6-14/h12,15H,4-11H2,1-3H3. The Kier molecular flexibility index (Phi) is 4.43. The molecule has 0 amide bonds. The Morgan fingerprint density at radius 2 is 2.00 bits per heavy atom. The van der Waals surface area contributed by atoms with Gasteiger partial charge in [-0.1, -0.05) is 20.8 Å². The predicted molar refractivity (Wildman–Crippen MR) is 75.7 cm³/mol. The van der Waals surface area contributed by atoms with E-state index in [0.29, 0.717) is 11.5 Å². The fraction of sp³-hybridized carbons (Fsp3) is 1.00. The van der Waals surface area contributed by atoms with Crippen LogP contribution in [0.5, 0.6) is 0 Å². The SMILES string of the molecule is CC(C)(C)CNC1CCOC2(CCSCC2)C1. The van der Waals surface area contributed by atoms with Crippen molar-refractivity contribution in [3.05, 3.63) is 0 Å². The molecular weight excluding hydrogens is 230 g/mol. The van der Waals surface area contributed by atoms with Gasteiger partial charge in [-0.15, -0.1) is 0 Å². The first-order chi connectivity index (χ1) is 7.99. The molecule has 0 saturated carbocycles. The van der Waals surface area contributed by atoms with Crippen LogP contribution in [0.4, 0.5) is 0 Å². The van der Waals surface area contributed by atoms with Crippen molar-refractivity contribution >= 4 is 11.8 Å². The van der Waals surface area contributed by atoms with Crippen LogP contribution in [0.1, 0.15) is 46.5 Å². The van der Waals surface area contributed by atoms with E-state index in [9.17, 15) is 0 Å². The monoisotopic (exact) mass is 257 g/mol. The normalized spacial score (nSPS) is 29.5. The van der Waals surface area contributed by atoms with Crippen LogP contribution in [0.3, 0.4) is 0 Å². The Balaban J connectivity index is 1.84. The maximum atomic E-state index is 6.12. The number of nitrogens with one attached hydrogen (secondary N) is 1. The summed E-state index contributed by atoms with van der Waals surface area (Å²) < 4.78 is 6.12. The zero-order valence-corrected chi connectivity index (χ0v) is 12.4. The molecule has 1 atom stereocenters. The fourth-order valence-electron chi connectivity index (χ4n) is 2.74. The van der Waals surface area contributed by atoms with Crippen LogP contribution in [-0.2, 0) is 4.74 Å². The number of hydrogen-bond donors (Lipinski definition) is 1. The molecule has 17 heavy (non-hydrogen) atoms. The van der Waals surface area contributed by atoms with Crippen LogP contribution in [0, 0.1) is 5.41 Å². The van der Waals surface area contributed by atoms with Crippen molar-refractivity contribution in [3.8, 4) is 0 Å². The minimum atomic E-state index is 0.221. The van der Waals surface area contributed by atoms with E-state index >= 15 is 0 Å². The van der Waals surface area contributed by atoms with Crippen molar-refractivity contribution in [3.63, 3.8) is 0 Å². The molecule has 2 aliphatic rings. The summed E-state index contributed by atoms with van der Waals surface area (Å²) in [6, 6.07) is 0.672. The van der Waals surface area contributed by atoms with E-state index in [2.05, 4.69) is 37.8 Å². The quantitative estimate of drug-likeness (QED) is 0.821. The highest BCUT2D eigenvalue weighted by Gasteiger charge is 2.38. The maximum Gasteiger partial charge on any atom is 0.0713 e. The van der Waals surface area contributed by atoms with Gasteiger partial charge >= 0.3 is 0 Å².